The van der Waals surface area contributed by atoms with Gasteiger partial charge in [-0.25, -0.2) is 4.98 Å². The van der Waals surface area contributed by atoms with Crippen molar-refractivity contribution in [2.45, 2.75) is 13.3 Å². The van der Waals surface area contributed by atoms with E-state index in [1.165, 1.54) is 0 Å². The molecule has 110 valence electrons. The maximum atomic E-state index is 12.2. The van der Waals surface area contributed by atoms with Gasteiger partial charge in [-0.05, 0) is 30.2 Å². The molecule has 0 aliphatic rings. The van der Waals surface area contributed by atoms with Crippen molar-refractivity contribution in [3.8, 4) is 5.82 Å². The molecule has 0 unspecified atom stereocenters. The molecule has 0 aliphatic carbocycles. The van der Waals surface area contributed by atoms with Crippen LogP contribution in [-0.4, -0.2) is 25.7 Å². The first-order valence-corrected chi connectivity index (χ1v) is 6.99. The highest BCUT2D eigenvalue weighted by Gasteiger charge is 2.10. The molecule has 3 aromatic rings. The van der Waals surface area contributed by atoms with Crippen LogP contribution in [0.15, 0.2) is 55.1 Å². The molecule has 0 aliphatic heterocycles. The number of rotatable bonds is 4. The summed E-state index contributed by atoms with van der Waals surface area (Å²) in [4.78, 5) is 16.2. The second kappa shape index (κ2) is 6.17. The Morgan fingerprint density at radius 3 is 2.73 bits per heavy atom. The van der Waals surface area contributed by atoms with Crippen LogP contribution >= 0.6 is 0 Å². The largest absolute Gasteiger partial charge is 0.320 e. The molecule has 0 fully saturated rings. The first-order valence-electron chi connectivity index (χ1n) is 6.99. The van der Waals surface area contributed by atoms with Gasteiger partial charge in [0.25, 0.3) is 5.91 Å². The Kier molecular flexibility index (Phi) is 3.91. The summed E-state index contributed by atoms with van der Waals surface area (Å²) in [6, 6.07) is 11.1. The van der Waals surface area contributed by atoms with E-state index in [9.17, 15) is 4.79 Å². The van der Waals surface area contributed by atoms with Gasteiger partial charge in [-0.3, -0.25) is 9.36 Å². The molecule has 0 bridgehead atoms. The van der Waals surface area contributed by atoms with E-state index in [4.69, 9.17) is 0 Å². The minimum Gasteiger partial charge on any atom is -0.320 e. The lowest BCUT2D eigenvalue weighted by atomic mass is 10.1. The van der Waals surface area contributed by atoms with Crippen LogP contribution in [0.2, 0.25) is 0 Å². The zero-order chi connectivity index (χ0) is 15.4. The lowest BCUT2D eigenvalue weighted by molar-refractivity contribution is 0.102. The molecule has 22 heavy (non-hydrogen) atoms. The Morgan fingerprint density at radius 2 is 2.05 bits per heavy atom. The smallest absolute Gasteiger partial charge is 0.276 e. The Hall–Kier alpha value is -3.02. The summed E-state index contributed by atoms with van der Waals surface area (Å²) >= 11 is 0. The lowest BCUT2D eigenvalue weighted by Gasteiger charge is -2.09. The molecule has 0 saturated heterocycles. The number of hydrogen-bond donors (Lipinski definition) is 1. The van der Waals surface area contributed by atoms with Gasteiger partial charge in [-0.1, -0.05) is 25.1 Å². The van der Waals surface area contributed by atoms with Gasteiger partial charge in [-0.15, -0.1) is 10.2 Å². The van der Waals surface area contributed by atoms with Crippen LogP contribution in [0.4, 0.5) is 5.69 Å². The minimum absolute atomic E-state index is 0.273. The van der Waals surface area contributed by atoms with E-state index in [0.717, 1.165) is 17.7 Å². The molecule has 2 aromatic heterocycles. The number of nitrogens with one attached hydrogen (secondary N) is 1. The standard InChI is InChI=1S/C16H15N5O/c1-2-12-5-3-4-6-13(12)18-16(22)14-7-8-15(20-19-14)21-10-9-17-11-21/h3-11H,2H2,1H3,(H,18,22). The Bertz CT molecular complexity index is 765. The van der Waals surface area contributed by atoms with Crippen LogP contribution in [-0.2, 0) is 6.42 Å². The number of carbonyl (C=O) groups is 1. The predicted octanol–water partition coefficient (Wildman–Crippen LogP) is 2.48. The maximum absolute atomic E-state index is 12.2. The highest BCUT2D eigenvalue weighted by atomic mass is 16.1. The van der Waals surface area contributed by atoms with Gasteiger partial charge in [0.2, 0.25) is 0 Å². The van der Waals surface area contributed by atoms with E-state index in [1.807, 2.05) is 31.2 Å². The average Bonchev–Trinajstić information content (AvgIpc) is 3.10. The predicted molar refractivity (Wildman–Crippen MR) is 82.9 cm³/mol. The average molecular weight is 293 g/mol. The topological polar surface area (TPSA) is 72.7 Å². The number of benzene rings is 1. The number of imidazole rings is 1. The molecule has 0 saturated carbocycles. The molecule has 0 radical (unpaired) electrons. The second-order valence-electron chi connectivity index (χ2n) is 4.71. The summed E-state index contributed by atoms with van der Waals surface area (Å²) in [6.07, 6.45) is 5.90. The van der Waals surface area contributed by atoms with Gasteiger partial charge >= 0.3 is 0 Å². The minimum atomic E-state index is -0.273. The van der Waals surface area contributed by atoms with Crippen LogP contribution in [0.5, 0.6) is 0 Å². The van der Waals surface area contributed by atoms with E-state index >= 15 is 0 Å². The van der Waals surface area contributed by atoms with Gasteiger partial charge < -0.3 is 5.32 Å². The molecule has 0 atom stereocenters. The highest BCUT2D eigenvalue weighted by molar-refractivity contribution is 6.03. The van der Waals surface area contributed by atoms with Crippen molar-refractivity contribution in [1.82, 2.24) is 19.7 Å². The molecule has 1 N–H and O–H groups in total. The lowest BCUT2D eigenvalue weighted by Crippen LogP contribution is -2.15. The molecule has 6 heteroatoms. The molecular formula is C16H15N5O. The van der Waals surface area contributed by atoms with E-state index in [0.29, 0.717) is 5.82 Å². The molecule has 3 rings (SSSR count). The molecule has 6 nitrogen and oxygen atoms in total. The van der Waals surface area contributed by atoms with Gasteiger partial charge in [0, 0.05) is 18.1 Å². The van der Waals surface area contributed by atoms with Crippen molar-refractivity contribution >= 4 is 11.6 Å². The zero-order valence-corrected chi connectivity index (χ0v) is 12.1. The monoisotopic (exact) mass is 293 g/mol. The second-order valence-corrected chi connectivity index (χ2v) is 4.71. The van der Waals surface area contributed by atoms with Crippen molar-refractivity contribution in [2.24, 2.45) is 0 Å². The molecular weight excluding hydrogens is 278 g/mol. The van der Waals surface area contributed by atoms with Crippen LogP contribution in [0.25, 0.3) is 5.82 Å². The van der Waals surface area contributed by atoms with E-state index in [2.05, 4.69) is 20.5 Å². The first kappa shape index (κ1) is 13.9. The summed E-state index contributed by atoms with van der Waals surface area (Å²) in [5.74, 6) is 0.341. The Labute approximate surface area is 127 Å². The number of para-hydroxylation sites is 1. The molecule has 0 spiro atoms. The number of aromatic nitrogens is 4. The van der Waals surface area contributed by atoms with Crippen molar-refractivity contribution in [3.63, 3.8) is 0 Å². The van der Waals surface area contributed by atoms with Crippen molar-refractivity contribution in [2.75, 3.05) is 5.32 Å². The Morgan fingerprint density at radius 1 is 1.18 bits per heavy atom. The van der Waals surface area contributed by atoms with Crippen molar-refractivity contribution in [1.29, 1.82) is 0 Å². The van der Waals surface area contributed by atoms with Crippen molar-refractivity contribution < 1.29 is 4.79 Å². The number of hydrogen-bond acceptors (Lipinski definition) is 4. The summed E-state index contributed by atoms with van der Waals surface area (Å²) in [6.45, 7) is 2.05. The highest BCUT2D eigenvalue weighted by Crippen LogP contribution is 2.16. The molecule has 1 amide bonds. The fourth-order valence-electron chi connectivity index (χ4n) is 2.12. The summed E-state index contributed by atoms with van der Waals surface area (Å²) in [7, 11) is 0. The van der Waals surface area contributed by atoms with E-state index < -0.39 is 0 Å². The fraction of sp³-hybridized carbons (Fsp3) is 0.125. The van der Waals surface area contributed by atoms with E-state index in [1.54, 1.807) is 35.4 Å². The van der Waals surface area contributed by atoms with Gasteiger partial charge in [0.1, 0.15) is 6.33 Å². The van der Waals surface area contributed by atoms with Gasteiger partial charge in [0.15, 0.2) is 11.5 Å². The van der Waals surface area contributed by atoms with E-state index in [-0.39, 0.29) is 11.6 Å². The molecule has 2 heterocycles. The van der Waals surface area contributed by atoms with Crippen LogP contribution in [0, 0.1) is 0 Å². The Balaban J connectivity index is 1.78. The van der Waals surface area contributed by atoms with Crippen molar-refractivity contribution in [3.05, 3.63) is 66.4 Å². The van der Waals surface area contributed by atoms with Crippen LogP contribution < -0.4 is 5.32 Å². The SMILES string of the molecule is CCc1ccccc1NC(=O)c1ccc(-n2ccnc2)nn1. The number of aryl methyl sites for hydroxylation is 1. The third kappa shape index (κ3) is 2.85. The first-order chi connectivity index (χ1) is 10.8. The zero-order valence-electron chi connectivity index (χ0n) is 12.1. The number of anilines is 1. The molecule has 1 aromatic carbocycles. The van der Waals surface area contributed by atoms with Gasteiger partial charge in [0.05, 0.1) is 0 Å². The van der Waals surface area contributed by atoms with Gasteiger partial charge in [-0.2, -0.15) is 0 Å². The number of amides is 1. The number of carbonyl (C=O) groups excluding carboxylic acids is 1. The fourth-order valence-corrected chi connectivity index (χ4v) is 2.12. The third-order valence-corrected chi connectivity index (χ3v) is 3.30. The summed E-state index contributed by atoms with van der Waals surface area (Å²) in [5.41, 5.74) is 2.16. The normalized spacial score (nSPS) is 10.4. The quantitative estimate of drug-likeness (QED) is 0.802. The maximum Gasteiger partial charge on any atom is 0.276 e. The summed E-state index contributed by atoms with van der Waals surface area (Å²) < 4.78 is 1.72. The van der Waals surface area contributed by atoms with Crippen LogP contribution in [0.1, 0.15) is 23.0 Å². The number of nitrogens with zero attached hydrogens (tertiary/aromatic N) is 4. The van der Waals surface area contributed by atoms with Crippen LogP contribution in [0.3, 0.4) is 0 Å². The third-order valence-electron chi connectivity index (χ3n) is 3.30. The summed E-state index contributed by atoms with van der Waals surface area (Å²) in [5, 5.41) is 10.9.